The van der Waals surface area contributed by atoms with Crippen molar-refractivity contribution in [1.82, 2.24) is 9.97 Å². The average Bonchev–Trinajstić information content (AvgIpc) is 2.98. The molecule has 1 aliphatic rings. The van der Waals surface area contributed by atoms with E-state index in [1.165, 1.54) is 5.56 Å². The van der Waals surface area contributed by atoms with Crippen LogP contribution in [0.3, 0.4) is 0 Å². The maximum atomic E-state index is 8.96. The van der Waals surface area contributed by atoms with E-state index in [4.69, 9.17) is 5.26 Å². The van der Waals surface area contributed by atoms with E-state index < -0.39 is 0 Å². The third-order valence-corrected chi connectivity index (χ3v) is 3.88. The van der Waals surface area contributed by atoms with Gasteiger partial charge >= 0.3 is 0 Å². The lowest BCUT2D eigenvalue weighted by Crippen LogP contribution is -2.20. The Morgan fingerprint density at radius 1 is 1.25 bits per heavy atom. The molecule has 1 fully saturated rings. The number of rotatable bonds is 2. The van der Waals surface area contributed by atoms with Crippen LogP contribution in [0.25, 0.3) is 0 Å². The lowest BCUT2D eigenvalue weighted by atomic mass is 10.00. The van der Waals surface area contributed by atoms with E-state index in [1.54, 1.807) is 0 Å². The Hall–Kier alpha value is -2.41. The number of aryl methyl sites for hydroxylation is 1. The van der Waals surface area contributed by atoms with Gasteiger partial charge in [0.1, 0.15) is 11.9 Å². The summed E-state index contributed by atoms with van der Waals surface area (Å²) < 4.78 is 0. The topological polar surface area (TPSA) is 52.8 Å². The van der Waals surface area contributed by atoms with E-state index in [0.717, 1.165) is 31.0 Å². The Balaban J connectivity index is 1.78. The first kappa shape index (κ1) is 12.6. The molecule has 0 bridgehead atoms. The van der Waals surface area contributed by atoms with Crippen molar-refractivity contribution in [2.75, 3.05) is 18.0 Å². The van der Waals surface area contributed by atoms with Gasteiger partial charge in [0.25, 0.3) is 0 Å². The maximum Gasteiger partial charge on any atom is 0.128 e. The molecule has 0 N–H and O–H groups in total. The standard InChI is InChI=1S/C16H16N4/c1-12-14(10-17)2-3-16(19-12)20-9-6-15(11-20)13-4-7-18-8-5-13/h2-5,7-8,15H,6,9,11H2,1H3. The van der Waals surface area contributed by atoms with Crippen molar-refractivity contribution in [1.29, 1.82) is 5.26 Å². The molecular formula is C16H16N4. The summed E-state index contributed by atoms with van der Waals surface area (Å²) in [6, 6.07) is 10.1. The molecule has 20 heavy (non-hydrogen) atoms. The van der Waals surface area contributed by atoms with Gasteiger partial charge in [-0.15, -0.1) is 0 Å². The van der Waals surface area contributed by atoms with Crippen LogP contribution in [0.2, 0.25) is 0 Å². The van der Waals surface area contributed by atoms with Crippen LogP contribution >= 0.6 is 0 Å². The molecule has 0 aliphatic carbocycles. The smallest absolute Gasteiger partial charge is 0.128 e. The predicted molar refractivity (Wildman–Crippen MR) is 77.5 cm³/mol. The highest BCUT2D eigenvalue weighted by Gasteiger charge is 2.24. The quantitative estimate of drug-likeness (QED) is 0.836. The Bertz CT molecular complexity index is 645. The number of nitrogens with zero attached hydrogens (tertiary/aromatic N) is 4. The van der Waals surface area contributed by atoms with Crippen molar-refractivity contribution in [3.63, 3.8) is 0 Å². The summed E-state index contributed by atoms with van der Waals surface area (Å²) >= 11 is 0. The summed E-state index contributed by atoms with van der Waals surface area (Å²) in [4.78, 5) is 10.9. The molecule has 4 heteroatoms. The van der Waals surface area contributed by atoms with Crippen molar-refractivity contribution < 1.29 is 0 Å². The van der Waals surface area contributed by atoms with E-state index in [2.05, 4.69) is 33.1 Å². The zero-order valence-electron chi connectivity index (χ0n) is 11.5. The van der Waals surface area contributed by atoms with E-state index in [0.29, 0.717) is 11.5 Å². The van der Waals surface area contributed by atoms with Crippen LogP contribution in [0.15, 0.2) is 36.7 Å². The fourth-order valence-corrected chi connectivity index (χ4v) is 2.72. The number of nitriles is 1. The van der Waals surface area contributed by atoms with Gasteiger partial charge < -0.3 is 4.90 Å². The zero-order chi connectivity index (χ0) is 13.9. The first-order chi connectivity index (χ1) is 9.78. The second-order valence-electron chi connectivity index (χ2n) is 5.13. The minimum absolute atomic E-state index is 0.538. The molecule has 0 radical (unpaired) electrons. The average molecular weight is 264 g/mol. The van der Waals surface area contributed by atoms with Gasteiger partial charge in [0.15, 0.2) is 0 Å². The number of anilines is 1. The first-order valence-electron chi connectivity index (χ1n) is 6.80. The highest BCUT2D eigenvalue weighted by molar-refractivity contribution is 5.46. The van der Waals surface area contributed by atoms with E-state index in [-0.39, 0.29) is 0 Å². The molecule has 1 aliphatic heterocycles. The second kappa shape index (κ2) is 5.30. The highest BCUT2D eigenvalue weighted by Crippen LogP contribution is 2.29. The Labute approximate surface area is 118 Å². The lowest BCUT2D eigenvalue weighted by molar-refractivity contribution is 0.772. The highest BCUT2D eigenvalue weighted by atomic mass is 15.2. The largest absolute Gasteiger partial charge is 0.356 e. The number of aromatic nitrogens is 2. The molecule has 0 saturated carbocycles. The zero-order valence-corrected chi connectivity index (χ0v) is 11.5. The predicted octanol–water partition coefficient (Wildman–Crippen LogP) is 2.65. The summed E-state index contributed by atoms with van der Waals surface area (Å²) in [5, 5.41) is 8.96. The van der Waals surface area contributed by atoms with Gasteiger partial charge in [-0.3, -0.25) is 4.98 Å². The van der Waals surface area contributed by atoms with Crippen molar-refractivity contribution >= 4 is 5.82 Å². The third kappa shape index (κ3) is 2.35. The molecule has 0 amide bonds. The van der Waals surface area contributed by atoms with Crippen LogP contribution in [-0.2, 0) is 0 Å². The van der Waals surface area contributed by atoms with Crippen LogP contribution in [0.1, 0.15) is 29.2 Å². The van der Waals surface area contributed by atoms with Crippen LogP contribution in [0.4, 0.5) is 5.82 Å². The van der Waals surface area contributed by atoms with Gasteiger partial charge in [-0.1, -0.05) is 0 Å². The summed E-state index contributed by atoms with van der Waals surface area (Å²) in [5.41, 5.74) is 2.80. The van der Waals surface area contributed by atoms with Crippen LogP contribution < -0.4 is 4.90 Å². The van der Waals surface area contributed by atoms with E-state index in [1.807, 2.05) is 31.5 Å². The molecule has 3 rings (SSSR count). The van der Waals surface area contributed by atoms with Crippen molar-refractivity contribution in [3.05, 3.63) is 53.5 Å². The van der Waals surface area contributed by atoms with E-state index in [9.17, 15) is 0 Å². The number of hydrogen-bond donors (Lipinski definition) is 0. The molecule has 1 saturated heterocycles. The van der Waals surface area contributed by atoms with Crippen molar-refractivity contribution in [2.24, 2.45) is 0 Å². The van der Waals surface area contributed by atoms with Gasteiger partial charge in [-0.2, -0.15) is 5.26 Å². The molecule has 2 aromatic heterocycles. The normalized spacial score (nSPS) is 18.0. The summed E-state index contributed by atoms with van der Waals surface area (Å²) in [5.74, 6) is 1.51. The minimum Gasteiger partial charge on any atom is -0.356 e. The monoisotopic (exact) mass is 264 g/mol. The van der Waals surface area contributed by atoms with Crippen molar-refractivity contribution in [2.45, 2.75) is 19.3 Å². The van der Waals surface area contributed by atoms with Crippen LogP contribution in [0, 0.1) is 18.3 Å². The molecule has 2 aromatic rings. The summed E-state index contributed by atoms with van der Waals surface area (Å²) in [7, 11) is 0. The van der Waals surface area contributed by atoms with Crippen LogP contribution in [0.5, 0.6) is 0 Å². The third-order valence-electron chi connectivity index (χ3n) is 3.88. The van der Waals surface area contributed by atoms with Gasteiger partial charge in [0.2, 0.25) is 0 Å². The Morgan fingerprint density at radius 2 is 2.05 bits per heavy atom. The van der Waals surface area contributed by atoms with Crippen LogP contribution in [-0.4, -0.2) is 23.1 Å². The van der Waals surface area contributed by atoms with Gasteiger partial charge in [0, 0.05) is 31.4 Å². The maximum absolute atomic E-state index is 8.96. The van der Waals surface area contributed by atoms with Gasteiger partial charge in [0.05, 0.1) is 11.3 Å². The molecule has 100 valence electrons. The molecule has 1 atom stereocenters. The number of pyridine rings is 2. The molecule has 0 spiro atoms. The summed E-state index contributed by atoms with van der Waals surface area (Å²) in [6.45, 7) is 3.87. The lowest BCUT2D eigenvalue weighted by Gasteiger charge is -2.18. The fourth-order valence-electron chi connectivity index (χ4n) is 2.72. The second-order valence-corrected chi connectivity index (χ2v) is 5.13. The summed E-state index contributed by atoms with van der Waals surface area (Å²) in [6.07, 6.45) is 4.83. The van der Waals surface area contributed by atoms with Gasteiger partial charge in [-0.05, 0) is 43.2 Å². The van der Waals surface area contributed by atoms with Gasteiger partial charge in [-0.25, -0.2) is 4.98 Å². The molecular weight excluding hydrogens is 248 g/mol. The molecule has 4 nitrogen and oxygen atoms in total. The van der Waals surface area contributed by atoms with Crippen molar-refractivity contribution in [3.8, 4) is 6.07 Å². The molecule has 3 heterocycles. The fraction of sp³-hybridized carbons (Fsp3) is 0.312. The SMILES string of the molecule is Cc1nc(N2CCC(c3ccncc3)C2)ccc1C#N. The Morgan fingerprint density at radius 3 is 2.75 bits per heavy atom. The van der Waals surface area contributed by atoms with E-state index >= 15 is 0 Å². The number of hydrogen-bond acceptors (Lipinski definition) is 4. The molecule has 0 aromatic carbocycles. The first-order valence-corrected chi connectivity index (χ1v) is 6.80. The molecule has 1 unspecified atom stereocenters. The minimum atomic E-state index is 0.538. The Kier molecular flexibility index (Phi) is 3.34.